The van der Waals surface area contributed by atoms with Crippen LogP contribution >= 0.6 is 0 Å². The van der Waals surface area contributed by atoms with Crippen LogP contribution < -0.4 is 16.0 Å². The zero-order valence-corrected chi connectivity index (χ0v) is 13.2. The Kier molecular flexibility index (Phi) is 5.99. The van der Waals surface area contributed by atoms with E-state index < -0.39 is 6.03 Å². The molecule has 0 bridgehead atoms. The molecule has 3 N–H and O–H groups in total. The molecule has 0 aromatic heterocycles. The standard InChI is InChI=1S/C15H28N4O2/c1-3-16-15(21)18-14(20)11(2)19-8-6-13(7-9-19)17-10-12-4-5-12/h11-13,17H,3-10H2,1-2H3,(H2,16,18,20,21). The largest absolute Gasteiger partial charge is 0.338 e. The minimum Gasteiger partial charge on any atom is -0.338 e. The molecule has 1 atom stereocenters. The van der Waals surface area contributed by atoms with Gasteiger partial charge in [-0.1, -0.05) is 0 Å². The SMILES string of the molecule is CCNC(=O)NC(=O)C(C)N1CCC(NCC2CC2)CC1. The van der Waals surface area contributed by atoms with Crippen LogP contribution in [0.1, 0.15) is 39.5 Å². The Morgan fingerprint density at radius 1 is 1.19 bits per heavy atom. The van der Waals surface area contributed by atoms with Crippen molar-refractivity contribution in [3.05, 3.63) is 0 Å². The summed E-state index contributed by atoms with van der Waals surface area (Å²) in [5.41, 5.74) is 0. The van der Waals surface area contributed by atoms with Crippen LogP contribution in [-0.4, -0.2) is 55.1 Å². The van der Waals surface area contributed by atoms with Gasteiger partial charge in [0, 0.05) is 25.7 Å². The number of likely N-dealkylation sites (tertiary alicyclic amines) is 1. The molecule has 1 heterocycles. The van der Waals surface area contributed by atoms with Gasteiger partial charge in [-0.2, -0.15) is 0 Å². The molecule has 6 nitrogen and oxygen atoms in total. The number of carbonyl (C=O) groups excluding carboxylic acids is 2. The molecule has 1 aliphatic carbocycles. The first-order chi connectivity index (χ1) is 10.1. The molecule has 1 unspecified atom stereocenters. The van der Waals surface area contributed by atoms with Gasteiger partial charge in [0.05, 0.1) is 6.04 Å². The highest BCUT2D eigenvalue weighted by molar-refractivity contribution is 5.96. The first-order valence-electron chi connectivity index (χ1n) is 8.16. The van der Waals surface area contributed by atoms with Crippen LogP contribution in [0.15, 0.2) is 0 Å². The zero-order valence-electron chi connectivity index (χ0n) is 13.2. The number of amides is 3. The predicted octanol–water partition coefficient (Wildman–Crippen LogP) is 0.685. The van der Waals surface area contributed by atoms with Crippen LogP contribution in [0.2, 0.25) is 0 Å². The van der Waals surface area contributed by atoms with Crippen molar-refractivity contribution >= 4 is 11.9 Å². The number of carbonyl (C=O) groups is 2. The monoisotopic (exact) mass is 296 g/mol. The van der Waals surface area contributed by atoms with Gasteiger partial charge in [0.2, 0.25) is 5.91 Å². The number of imide groups is 1. The van der Waals surface area contributed by atoms with Crippen LogP contribution in [0, 0.1) is 5.92 Å². The third-order valence-corrected chi connectivity index (χ3v) is 4.42. The summed E-state index contributed by atoms with van der Waals surface area (Å²) in [4.78, 5) is 25.5. The van der Waals surface area contributed by atoms with E-state index in [1.54, 1.807) is 0 Å². The summed E-state index contributed by atoms with van der Waals surface area (Å²) in [6.07, 6.45) is 4.91. The fraction of sp³-hybridized carbons (Fsp3) is 0.867. The maximum absolute atomic E-state index is 12.0. The third-order valence-electron chi connectivity index (χ3n) is 4.42. The van der Waals surface area contributed by atoms with E-state index in [2.05, 4.69) is 20.9 Å². The Labute approximate surface area is 127 Å². The van der Waals surface area contributed by atoms with Gasteiger partial charge < -0.3 is 10.6 Å². The highest BCUT2D eigenvalue weighted by Crippen LogP contribution is 2.28. The Bertz CT molecular complexity index is 363. The van der Waals surface area contributed by atoms with E-state index in [1.807, 2.05) is 13.8 Å². The molecule has 0 radical (unpaired) electrons. The molecule has 1 saturated carbocycles. The van der Waals surface area contributed by atoms with Crippen molar-refractivity contribution in [3.63, 3.8) is 0 Å². The lowest BCUT2D eigenvalue weighted by atomic mass is 10.0. The van der Waals surface area contributed by atoms with Gasteiger partial charge in [-0.3, -0.25) is 15.0 Å². The Morgan fingerprint density at radius 3 is 2.43 bits per heavy atom. The van der Waals surface area contributed by atoms with Crippen molar-refractivity contribution in [1.82, 2.24) is 20.9 Å². The molecule has 2 rings (SSSR count). The topological polar surface area (TPSA) is 73.5 Å². The molecule has 2 aliphatic rings. The summed E-state index contributed by atoms with van der Waals surface area (Å²) in [6.45, 7) is 7.18. The molecule has 120 valence electrons. The number of piperidine rings is 1. The maximum Gasteiger partial charge on any atom is 0.321 e. The third kappa shape index (κ3) is 5.28. The summed E-state index contributed by atoms with van der Waals surface area (Å²) < 4.78 is 0. The van der Waals surface area contributed by atoms with Gasteiger partial charge in [-0.25, -0.2) is 4.79 Å². The van der Waals surface area contributed by atoms with E-state index in [9.17, 15) is 9.59 Å². The minimum atomic E-state index is -0.407. The molecule has 3 amide bonds. The fourth-order valence-corrected chi connectivity index (χ4v) is 2.73. The molecule has 0 aromatic rings. The highest BCUT2D eigenvalue weighted by Gasteiger charge is 2.28. The van der Waals surface area contributed by atoms with Crippen molar-refractivity contribution in [2.45, 2.75) is 51.6 Å². The molecule has 0 spiro atoms. The molecule has 21 heavy (non-hydrogen) atoms. The molecule has 1 aliphatic heterocycles. The second kappa shape index (κ2) is 7.75. The summed E-state index contributed by atoms with van der Waals surface area (Å²) >= 11 is 0. The Morgan fingerprint density at radius 2 is 1.86 bits per heavy atom. The molecular weight excluding hydrogens is 268 g/mol. The summed E-state index contributed by atoms with van der Waals surface area (Å²) in [5, 5.41) is 8.60. The van der Waals surface area contributed by atoms with Crippen molar-refractivity contribution in [2.75, 3.05) is 26.2 Å². The van der Waals surface area contributed by atoms with E-state index >= 15 is 0 Å². The number of rotatable bonds is 6. The lowest BCUT2D eigenvalue weighted by Crippen LogP contribution is -2.53. The lowest BCUT2D eigenvalue weighted by molar-refractivity contribution is -0.125. The van der Waals surface area contributed by atoms with E-state index in [0.29, 0.717) is 12.6 Å². The molecule has 1 saturated heterocycles. The lowest BCUT2D eigenvalue weighted by Gasteiger charge is -2.35. The second-order valence-corrected chi connectivity index (χ2v) is 6.19. The molecule has 0 aromatic carbocycles. The first kappa shape index (κ1) is 16.2. The van der Waals surface area contributed by atoms with Crippen molar-refractivity contribution in [1.29, 1.82) is 0 Å². The fourth-order valence-electron chi connectivity index (χ4n) is 2.73. The number of hydrogen-bond donors (Lipinski definition) is 3. The maximum atomic E-state index is 12.0. The quantitative estimate of drug-likeness (QED) is 0.674. The van der Waals surface area contributed by atoms with E-state index in [4.69, 9.17) is 0 Å². The normalized spacial score (nSPS) is 21.8. The van der Waals surface area contributed by atoms with Gasteiger partial charge in [-0.15, -0.1) is 0 Å². The number of nitrogens with zero attached hydrogens (tertiary/aromatic N) is 1. The predicted molar refractivity (Wildman–Crippen MR) is 82.0 cm³/mol. The molecule has 2 fully saturated rings. The van der Waals surface area contributed by atoms with Crippen molar-refractivity contribution in [3.8, 4) is 0 Å². The van der Waals surface area contributed by atoms with Crippen molar-refractivity contribution < 1.29 is 9.59 Å². The zero-order chi connectivity index (χ0) is 15.2. The molecule has 6 heteroatoms. The average molecular weight is 296 g/mol. The smallest absolute Gasteiger partial charge is 0.321 e. The Balaban J connectivity index is 1.67. The summed E-state index contributed by atoms with van der Waals surface area (Å²) in [5.74, 6) is 0.690. The first-order valence-corrected chi connectivity index (χ1v) is 8.16. The molecular formula is C15H28N4O2. The van der Waals surface area contributed by atoms with E-state index in [1.165, 1.54) is 12.8 Å². The van der Waals surface area contributed by atoms with Gasteiger partial charge in [-0.05, 0) is 52.0 Å². The van der Waals surface area contributed by atoms with Gasteiger partial charge in [0.1, 0.15) is 0 Å². The number of hydrogen-bond acceptors (Lipinski definition) is 4. The second-order valence-electron chi connectivity index (χ2n) is 6.19. The van der Waals surface area contributed by atoms with Crippen LogP contribution in [0.3, 0.4) is 0 Å². The van der Waals surface area contributed by atoms with Gasteiger partial charge in [0.15, 0.2) is 0 Å². The van der Waals surface area contributed by atoms with Crippen LogP contribution in [0.25, 0.3) is 0 Å². The van der Waals surface area contributed by atoms with Gasteiger partial charge in [0.25, 0.3) is 0 Å². The Hall–Kier alpha value is -1.14. The summed E-state index contributed by atoms with van der Waals surface area (Å²) in [6, 6.07) is -0.0761. The number of nitrogens with one attached hydrogen (secondary N) is 3. The summed E-state index contributed by atoms with van der Waals surface area (Å²) in [7, 11) is 0. The van der Waals surface area contributed by atoms with Crippen LogP contribution in [-0.2, 0) is 4.79 Å². The van der Waals surface area contributed by atoms with Crippen LogP contribution in [0.5, 0.6) is 0 Å². The highest BCUT2D eigenvalue weighted by atomic mass is 16.2. The van der Waals surface area contributed by atoms with Gasteiger partial charge >= 0.3 is 6.03 Å². The number of urea groups is 1. The minimum absolute atomic E-state index is 0.217. The van der Waals surface area contributed by atoms with Crippen LogP contribution in [0.4, 0.5) is 4.79 Å². The van der Waals surface area contributed by atoms with E-state index in [-0.39, 0.29) is 11.9 Å². The van der Waals surface area contributed by atoms with Crippen molar-refractivity contribution in [2.24, 2.45) is 5.92 Å². The van der Waals surface area contributed by atoms with E-state index in [0.717, 1.165) is 38.4 Å². The average Bonchev–Trinajstić information content (AvgIpc) is 3.29.